The van der Waals surface area contributed by atoms with Crippen LogP contribution in [0.1, 0.15) is 39.2 Å². The second-order valence-corrected chi connectivity index (χ2v) is 9.37. The van der Waals surface area contributed by atoms with Crippen molar-refractivity contribution in [3.63, 3.8) is 0 Å². The minimum atomic E-state index is -1.08. The van der Waals surface area contributed by atoms with Gasteiger partial charge < -0.3 is 4.57 Å². The average molecular weight is 361 g/mol. The Morgan fingerprint density at radius 3 is 2.55 bits per heavy atom. The van der Waals surface area contributed by atoms with E-state index in [0.29, 0.717) is 6.54 Å². The Balaban J connectivity index is 2.19. The number of rotatable bonds is 4. The van der Waals surface area contributed by atoms with Gasteiger partial charge in [0.15, 0.2) is 0 Å². The lowest BCUT2D eigenvalue weighted by atomic mass is 9.97. The number of hydrogen-bond acceptors (Lipinski definition) is 2. The van der Waals surface area contributed by atoms with E-state index in [9.17, 15) is 9.00 Å². The van der Waals surface area contributed by atoms with Crippen LogP contribution in [0.2, 0.25) is 0 Å². The number of pyridine rings is 1. The molecule has 0 aromatic carbocycles. The minimum absolute atomic E-state index is 0.00795. The van der Waals surface area contributed by atoms with Crippen molar-refractivity contribution < 1.29 is 4.21 Å². The van der Waals surface area contributed by atoms with Gasteiger partial charge in [0.25, 0.3) is 5.56 Å². The van der Waals surface area contributed by atoms with Gasteiger partial charge in [0, 0.05) is 35.7 Å². The van der Waals surface area contributed by atoms with E-state index in [-0.39, 0.29) is 15.7 Å². The molecule has 1 atom stereocenters. The van der Waals surface area contributed by atoms with E-state index in [1.165, 1.54) is 0 Å². The van der Waals surface area contributed by atoms with Crippen molar-refractivity contribution in [2.45, 2.75) is 43.8 Å². The third kappa shape index (κ3) is 3.23. The molecular weight excluding hydrogens is 340 g/mol. The van der Waals surface area contributed by atoms with Crippen LogP contribution in [-0.4, -0.2) is 20.1 Å². The van der Waals surface area contributed by atoms with Gasteiger partial charge in [-0.25, -0.2) is 8.93 Å². The van der Waals surface area contributed by atoms with Crippen LogP contribution in [0.4, 0.5) is 0 Å². The monoisotopic (exact) mass is 360 g/mol. The quantitative estimate of drug-likeness (QED) is 0.894. The van der Waals surface area contributed by atoms with Crippen LogP contribution in [0.3, 0.4) is 0 Å². The molecule has 0 saturated heterocycles. The van der Waals surface area contributed by atoms with Crippen LogP contribution in [0.25, 0.3) is 0 Å². The fourth-order valence-corrected chi connectivity index (χ4v) is 3.80. The lowest BCUT2D eigenvalue weighted by Gasteiger charge is -2.22. The Hall–Kier alpha value is -0.460. The summed E-state index contributed by atoms with van der Waals surface area (Å²) < 4.78 is 17.5. The maximum atomic E-state index is 12.1. The van der Waals surface area contributed by atoms with Crippen molar-refractivity contribution in [3.05, 3.63) is 32.7 Å². The second-order valence-electron chi connectivity index (χ2n) is 6.47. The van der Waals surface area contributed by atoms with E-state index in [1.807, 2.05) is 20.8 Å². The fourth-order valence-electron chi connectivity index (χ4n) is 2.12. The summed E-state index contributed by atoms with van der Waals surface area (Å²) in [5.74, 6) is 0. The van der Waals surface area contributed by atoms with Crippen molar-refractivity contribution in [1.29, 1.82) is 0 Å². The van der Waals surface area contributed by atoms with Crippen LogP contribution < -0.4 is 10.3 Å². The maximum Gasteiger partial charge on any atom is 0.250 e. The van der Waals surface area contributed by atoms with Crippen molar-refractivity contribution in [1.82, 2.24) is 9.29 Å². The molecule has 1 aliphatic carbocycles. The molecule has 0 aliphatic heterocycles. The van der Waals surface area contributed by atoms with Crippen molar-refractivity contribution >= 4 is 26.9 Å². The molecule has 4 nitrogen and oxygen atoms in total. The van der Waals surface area contributed by atoms with Gasteiger partial charge in [0.2, 0.25) is 0 Å². The summed E-state index contributed by atoms with van der Waals surface area (Å²) >= 11 is 3.54. The molecule has 0 radical (unpaired) electrons. The van der Waals surface area contributed by atoms with Crippen molar-refractivity contribution in [2.24, 2.45) is 7.05 Å². The van der Waals surface area contributed by atoms with E-state index < -0.39 is 11.0 Å². The van der Waals surface area contributed by atoms with Crippen LogP contribution in [0, 0.1) is 0 Å². The molecule has 1 aromatic rings. The fraction of sp³-hybridized carbons (Fsp3) is 0.643. The molecule has 0 spiro atoms. The Kier molecular flexibility index (Phi) is 4.29. The van der Waals surface area contributed by atoms with Gasteiger partial charge in [-0.15, -0.1) is 0 Å². The van der Waals surface area contributed by atoms with E-state index in [2.05, 4.69) is 20.7 Å². The van der Waals surface area contributed by atoms with E-state index >= 15 is 0 Å². The van der Waals surface area contributed by atoms with Crippen LogP contribution in [0.15, 0.2) is 21.5 Å². The van der Waals surface area contributed by atoms with Crippen molar-refractivity contribution in [2.75, 3.05) is 6.54 Å². The molecule has 1 N–H and O–H groups in total. The lowest BCUT2D eigenvalue weighted by molar-refractivity contribution is 0.608. The van der Waals surface area contributed by atoms with Crippen LogP contribution in [-0.2, 0) is 23.4 Å². The number of aromatic nitrogens is 1. The zero-order valence-electron chi connectivity index (χ0n) is 12.3. The first kappa shape index (κ1) is 15.9. The number of halogens is 1. The summed E-state index contributed by atoms with van der Waals surface area (Å²) in [4.78, 5) is 11.8. The van der Waals surface area contributed by atoms with Gasteiger partial charge in [-0.2, -0.15) is 0 Å². The van der Waals surface area contributed by atoms with Crippen molar-refractivity contribution in [3.8, 4) is 0 Å². The smallest absolute Gasteiger partial charge is 0.250 e. The predicted molar refractivity (Wildman–Crippen MR) is 86.2 cm³/mol. The molecule has 0 bridgehead atoms. The Bertz CT molecular complexity index is 600. The van der Waals surface area contributed by atoms with E-state index in [1.54, 1.807) is 23.9 Å². The van der Waals surface area contributed by atoms with Gasteiger partial charge in [-0.1, -0.05) is 0 Å². The highest BCUT2D eigenvalue weighted by atomic mass is 79.9. The summed E-state index contributed by atoms with van der Waals surface area (Å²) in [6, 6.07) is 1.69. The Labute approximate surface area is 130 Å². The highest BCUT2D eigenvalue weighted by Gasteiger charge is 2.46. The molecule has 2 rings (SSSR count). The molecule has 0 amide bonds. The normalized spacial score (nSPS) is 18.9. The second kappa shape index (κ2) is 5.39. The molecule has 112 valence electrons. The first-order valence-electron chi connectivity index (χ1n) is 6.68. The Morgan fingerprint density at radius 1 is 1.45 bits per heavy atom. The summed E-state index contributed by atoms with van der Waals surface area (Å²) in [5, 5.41) is 0. The average Bonchev–Trinajstić information content (AvgIpc) is 3.10. The molecule has 1 aliphatic rings. The van der Waals surface area contributed by atoms with E-state index in [4.69, 9.17) is 0 Å². The first-order valence-corrected chi connectivity index (χ1v) is 8.62. The van der Waals surface area contributed by atoms with Gasteiger partial charge in [0.1, 0.15) is 0 Å². The minimum Gasteiger partial charge on any atom is -0.317 e. The molecule has 20 heavy (non-hydrogen) atoms. The highest BCUT2D eigenvalue weighted by molar-refractivity contribution is 9.10. The predicted octanol–water partition coefficient (Wildman–Crippen LogP) is 2.23. The molecule has 6 heteroatoms. The summed E-state index contributed by atoms with van der Waals surface area (Å²) in [7, 11) is 0.657. The molecular formula is C14H21BrN2O2S. The topological polar surface area (TPSA) is 51.1 Å². The zero-order chi connectivity index (χ0) is 15.1. The van der Waals surface area contributed by atoms with Gasteiger partial charge in [0.05, 0.1) is 15.7 Å². The first-order chi connectivity index (χ1) is 9.16. The number of nitrogens with one attached hydrogen (secondary N) is 1. The van der Waals surface area contributed by atoms with Crippen LogP contribution >= 0.6 is 15.9 Å². The zero-order valence-corrected chi connectivity index (χ0v) is 14.7. The number of nitrogens with zero attached hydrogens (tertiary/aromatic N) is 1. The standard InChI is InChI=1S/C14H21BrN2O2S/c1-13(2,3)20(19)16-9-14(5-6-14)10-7-12(18)17(4)8-11(10)15/h7-8,16H,5-6,9H2,1-4H3/t20-/m0/s1. The van der Waals surface area contributed by atoms with Gasteiger partial charge in [-0.05, 0) is 55.1 Å². The Morgan fingerprint density at radius 2 is 2.05 bits per heavy atom. The SMILES string of the molecule is Cn1cc(Br)c(C2(CN[S@@](=O)C(C)(C)C)CC2)cc1=O. The molecule has 1 fully saturated rings. The maximum absolute atomic E-state index is 12.1. The number of hydrogen-bond donors (Lipinski definition) is 1. The summed E-state index contributed by atoms with van der Waals surface area (Å²) in [6.45, 7) is 6.49. The third-order valence-corrected chi connectivity index (χ3v) is 5.85. The van der Waals surface area contributed by atoms with E-state index in [0.717, 1.165) is 22.9 Å². The molecule has 1 heterocycles. The third-order valence-electron chi connectivity index (χ3n) is 3.70. The molecule has 0 unspecified atom stereocenters. The van der Waals surface area contributed by atoms with Gasteiger partial charge >= 0.3 is 0 Å². The molecule has 1 aromatic heterocycles. The molecule has 1 saturated carbocycles. The largest absolute Gasteiger partial charge is 0.317 e. The number of aryl methyl sites for hydroxylation is 1. The highest BCUT2D eigenvalue weighted by Crippen LogP contribution is 2.49. The summed E-state index contributed by atoms with van der Waals surface area (Å²) in [6.07, 6.45) is 3.85. The summed E-state index contributed by atoms with van der Waals surface area (Å²) in [5.41, 5.74) is 0.970. The lowest BCUT2D eigenvalue weighted by Crippen LogP contribution is -2.38. The van der Waals surface area contributed by atoms with Crippen LogP contribution in [0.5, 0.6) is 0 Å². The van der Waals surface area contributed by atoms with Gasteiger partial charge in [-0.3, -0.25) is 4.79 Å².